The summed E-state index contributed by atoms with van der Waals surface area (Å²) in [7, 11) is 0. The number of benzene rings is 1. The Morgan fingerprint density at radius 1 is 1.59 bits per heavy atom. The third-order valence-electron chi connectivity index (χ3n) is 2.80. The van der Waals surface area contributed by atoms with Gasteiger partial charge in [0.1, 0.15) is 5.75 Å². The highest BCUT2D eigenvalue weighted by molar-refractivity contribution is 8.00. The Hall–Kier alpha value is -1.36. The summed E-state index contributed by atoms with van der Waals surface area (Å²) in [5.41, 5.74) is 6.43. The lowest BCUT2D eigenvalue weighted by Crippen LogP contribution is -2.30. The lowest BCUT2D eigenvalue weighted by Gasteiger charge is -2.11. The van der Waals surface area contributed by atoms with E-state index < -0.39 is 0 Å². The number of phenols is 1. The van der Waals surface area contributed by atoms with Crippen molar-refractivity contribution in [2.75, 3.05) is 18.0 Å². The maximum absolute atomic E-state index is 11.9. The number of amides is 1. The van der Waals surface area contributed by atoms with Crippen molar-refractivity contribution in [3.63, 3.8) is 0 Å². The molecule has 1 amide bonds. The SMILES string of the molecule is Nc1ccc(O)cc1C(=O)NCC1CCCS1. The van der Waals surface area contributed by atoms with Gasteiger partial charge in [-0.15, -0.1) is 0 Å². The lowest BCUT2D eigenvalue weighted by atomic mass is 10.1. The number of carbonyl (C=O) groups is 1. The van der Waals surface area contributed by atoms with Crippen LogP contribution < -0.4 is 11.1 Å². The van der Waals surface area contributed by atoms with E-state index in [1.54, 1.807) is 0 Å². The molecule has 0 aromatic heterocycles. The number of thioether (sulfide) groups is 1. The molecule has 1 aromatic rings. The van der Waals surface area contributed by atoms with Crippen molar-refractivity contribution in [3.8, 4) is 5.75 Å². The molecule has 0 aliphatic carbocycles. The highest BCUT2D eigenvalue weighted by Crippen LogP contribution is 2.25. The predicted octanol–water partition coefficient (Wildman–Crippen LogP) is 1.60. The highest BCUT2D eigenvalue weighted by atomic mass is 32.2. The molecule has 0 saturated carbocycles. The van der Waals surface area contributed by atoms with Gasteiger partial charge in [0.2, 0.25) is 0 Å². The van der Waals surface area contributed by atoms with Crippen molar-refractivity contribution >= 4 is 23.4 Å². The monoisotopic (exact) mass is 252 g/mol. The number of nitrogens with one attached hydrogen (secondary N) is 1. The van der Waals surface area contributed by atoms with Crippen molar-refractivity contribution in [2.45, 2.75) is 18.1 Å². The summed E-state index contributed by atoms with van der Waals surface area (Å²) >= 11 is 1.89. The summed E-state index contributed by atoms with van der Waals surface area (Å²) in [4.78, 5) is 11.9. The molecule has 1 aromatic carbocycles. The normalized spacial score (nSPS) is 19.2. The predicted molar refractivity (Wildman–Crippen MR) is 70.3 cm³/mol. The Kier molecular flexibility index (Phi) is 3.78. The maximum Gasteiger partial charge on any atom is 0.253 e. The Labute approximate surface area is 105 Å². The van der Waals surface area contributed by atoms with Crippen LogP contribution in [0.15, 0.2) is 18.2 Å². The van der Waals surface area contributed by atoms with Crippen LogP contribution in [0, 0.1) is 0 Å². The van der Waals surface area contributed by atoms with Crippen molar-refractivity contribution < 1.29 is 9.90 Å². The first-order valence-corrected chi connectivity index (χ1v) is 6.70. The fourth-order valence-electron chi connectivity index (χ4n) is 1.85. The first-order valence-electron chi connectivity index (χ1n) is 5.65. The second kappa shape index (κ2) is 5.31. The first kappa shape index (κ1) is 12.1. The average molecular weight is 252 g/mol. The van der Waals surface area contributed by atoms with E-state index in [9.17, 15) is 9.90 Å². The van der Waals surface area contributed by atoms with Gasteiger partial charge in [0.25, 0.3) is 5.91 Å². The number of nitrogens with two attached hydrogens (primary N) is 1. The summed E-state index contributed by atoms with van der Waals surface area (Å²) in [5.74, 6) is 1.01. The molecule has 1 saturated heterocycles. The molecular formula is C12H16N2O2S. The molecule has 17 heavy (non-hydrogen) atoms. The van der Waals surface area contributed by atoms with E-state index in [0.717, 1.165) is 6.42 Å². The first-order chi connectivity index (χ1) is 8.16. The molecule has 2 rings (SSSR count). The zero-order valence-electron chi connectivity index (χ0n) is 9.48. The molecule has 4 N–H and O–H groups in total. The number of nitrogen functional groups attached to an aromatic ring is 1. The smallest absolute Gasteiger partial charge is 0.253 e. The molecule has 1 unspecified atom stereocenters. The molecular weight excluding hydrogens is 236 g/mol. The Balaban J connectivity index is 1.96. The number of hydrogen-bond acceptors (Lipinski definition) is 4. The molecule has 92 valence electrons. The molecule has 1 fully saturated rings. The average Bonchev–Trinajstić information content (AvgIpc) is 2.82. The fourth-order valence-corrected chi connectivity index (χ4v) is 3.05. The highest BCUT2D eigenvalue weighted by Gasteiger charge is 2.17. The largest absolute Gasteiger partial charge is 0.508 e. The van der Waals surface area contributed by atoms with E-state index >= 15 is 0 Å². The standard InChI is InChI=1S/C12H16N2O2S/c13-11-4-3-8(15)6-10(11)12(16)14-7-9-2-1-5-17-9/h3-4,6,9,15H,1-2,5,7,13H2,(H,14,16). The van der Waals surface area contributed by atoms with E-state index in [2.05, 4.69) is 5.32 Å². The third kappa shape index (κ3) is 3.06. The zero-order chi connectivity index (χ0) is 12.3. The van der Waals surface area contributed by atoms with Gasteiger partial charge in [-0.2, -0.15) is 11.8 Å². The summed E-state index contributed by atoms with van der Waals surface area (Å²) < 4.78 is 0. The third-order valence-corrected chi connectivity index (χ3v) is 4.19. The molecule has 1 aliphatic rings. The maximum atomic E-state index is 11.9. The minimum atomic E-state index is -0.217. The van der Waals surface area contributed by atoms with Crippen LogP contribution in [0.2, 0.25) is 0 Å². The van der Waals surface area contributed by atoms with Gasteiger partial charge < -0.3 is 16.2 Å². The van der Waals surface area contributed by atoms with Crippen LogP contribution in [-0.4, -0.2) is 28.6 Å². The number of phenolic OH excluding ortho intramolecular Hbond substituents is 1. The van der Waals surface area contributed by atoms with Crippen molar-refractivity contribution in [2.24, 2.45) is 0 Å². The van der Waals surface area contributed by atoms with Gasteiger partial charge in [-0.05, 0) is 36.8 Å². The van der Waals surface area contributed by atoms with Crippen LogP contribution in [0.5, 0.6) is 5.75 Å². The van der Waals surface area contributed by atoms with E-state index in [-0.39, 0.29) is 11.7 Å². The summed E-state index contributed by atoms with van der Waals surface area (Å²) in [5, 5.41) is 12.7. The summed E-state index contributed by atoms with van der Waals surface area (Å²) in [6.07, 6.45) is 2.37. The van der Waals surface area contributed by atoms with Crippen LogP contribution in [0.25, 0.3) is 0 Å². The second-order valence-electron chi connectivity index (χ2n) is 4.12. The molecule has 0 radical (unpaired) electrons. The van der Waals surface area contributed by atoms with Gasteiger partial charge in [0, 0.05) is 17.5 Å². The molecule has 0 spiro atoms. The van der Waals surface area contributed by atoms with Crippen molar-refractivity contribution in [3.05, 3.63) is 23.8 Å². The Morgan fingerprint density at radius 3 is 3.12 bits per heavy atom. The van der Waals surface area contributed by atoms with Gasteiger partial charge in [-0.1, -0.05) is 0 Å². The number of carbonyl (C=O) groups excluding carboxylic acids is 1. The molecule has 0 bridgehead atoms. The Bertz CT molecular complexity index is 417. The van der Waals surface area contributed by atoms with E-state index in [1.165, 1.54) is 30.4 Å². The van der Waals surface area contributed by atoms with E-state index in [0.29, 0.717) is 23.0 Å². The van der Waals surface area contributed by atoms with Crippen LogP contribution in [0.4, 0.5) is 5.69 Å². The topological polar surface area (TPSA) is 75.3 Å². The van der Waals surface area contributed by atoms with Gasteiger partial charge in [-0.3, -0.25) is 4.79 Å². The second-order valence-corrected chi connectivity index (χ2v) is 5.52. The molecule has 1 aliphatic heterocycles. The summed E-state index contributed by atoms with van der Waals surface area (Å²) in [6.45, 7) is 0.665. The molecule has 1 atom stereocenters. The number of rotatable bonds is 3. The quantitative estimate of drug-likeness (QED) is 0.564. The van der Waals surface area contributed by atoms with Crippen molar-refractivity contribution in [1.29, 1.82) is 0 Å². The summed E-state index contributed by atoms with van der Waals surface area (Å²) in [6, 6.07) is 4.40. The van der Waals surface area contributed by atoms with E-state index in [4.69, 9.17) is 5.73 Å². The van der Waals surface area contributed by atoms with Gasteiger partial charge >= 0.3 is 0 Å². The fraction of sp³-hybridized carbons (Fsp3) is 0.417. The van der Waals surface area contributed by atoms with Crippen LogP contribution in [-0.2, 0) is 0 Å². The minimum absolute atomic E-state index is 0.0552. The molecule has 4 nitrogen and oxygen atoms in total. The van der Waals surface area contributed by atoms with Crippen LogP contribution in [0.1, 0.15) is 23.2 Å². The van der Waals surface area contributed by atoms with Crippen molar-refractivity contribution in [1.82, 2.24) is 5.32 Å². The number of aromatic hydroxyl groups is 1. The van der Waals surface area contributed by atoms with Crippen LogP contribution >= 0.6 is 11.8 Å². The molecule has 5 heteroatoms. The van der Waals surface area contributed by atoms with E-state index in [1.807, 2.05) is 11.8 Å². The van der Waals surface area contributed by atoms with Gasteiger partial charge in [0.05, 0.1) is 5.56 Å². The van der Waals surface area contributed by atoms with Crippen LogP contribution in [0.3, 0.4) is 0 Å². The Morgan fingerprint density at radius 2 is 2.41 bits per heavy atom. The minimum Gasteiger partial charge on any atom is -0.508 e. The number of hydrogen-bond donors (Lipinski definition) is 3. The lowest BCUT2D eigenvalue weighted by molar-refractivity contribution is 0.0954. The number of anilines is 1. The zero-order valence-corrected chi connectivity index (χ0v) is 10.3. The van der Waals surface area contributed by atoms with Gasteiger partial charge in [-0.25, -0.2) is 0 Å². The molecule has 1 heterocycles. The van der Waals surface area contributed by atoms with Gasteiger partial charge in [0.15, 0.2) is 0 Å².